The van der Waals surface area contributed by atoms with Gasteiger partial charge in [0.25, 0.3) is 0 Å². The maximum Gasteiger partial charge on any atom is 0.166 e. The molecule has 0 amide bonds. The Morgan fingerprint density at radius 2 is 2.08 bits per heavy atom. The van der Waals surface area contributed by atoms with E-state index < -0.39 is 0 Å². The number of fused-ring (bicyclic) bond motifs is 1. The lowest BCUT2D eigenvalue weighted by atomic mass is 10.2. The van der Waals surface area contributed by atoms with Crippen LogP contribution in [0.4, 0.5) is 5.69 Å². The highest BCUT2D eigenvalue weighted by Gasteiger charge is 2.14. The van der Waals surface area contributed by atoms with Crippen molar-refractivity contribution in [3.8, 4) is 5.75 Å². The number of rotatable bonds is 5. The molecule has 3 aromatic rings. The van der Waals surface area contributed by atoms with Gasteiger partial charge in [0, 0.05) is 36.3 Å². The number of nitrogens with one attached hydrogen (secondary N) is 1. The fourth-order valence-corrected chi connectivity index (χ4v) is 4.19. The summed E-state index contributed by atoms with van der Waals surface area (Å²) in [5.41, 5.74) is 5.52. The predicted octanol–water partition coefficient (Wildman–Crippen LogP) is 4.17. The Morgan fingerprint density at radius 1 is 1.24 bits per heavy atom. The van der Waals surface area contributed by atoms with Gasteiger partial charge < -0.3 is 14.6 Å². The highest BCUT2D eigenvalue weighted by molar-refractivity contribution is 7.98. The van der Waals surface area contributed by atoms with Gasteiger partial charge in [0.2, 0.25) is 0 Å². The fourth-order valence-electron chi connectivity index (χ4n) is 3.28. The summed E-state index contributed by atoms with van der Waals surface area (Å²) in [6, 6.07) is 8.40. The zero-order valence-corrected chi connectivity index (χ0v) is 15.4. The van der Waals surface area contributed by atoms with Crippen molar-refractivity contribution in [1.82, 2.24) is 15.0 Å². The second kappa shape index (κ2) is 6.96. The Kier molecular flexibility index (Phi) is 4.53. The summed E-state index contributed by atoms with van der Waals surface area (Å²) < 4.78 is 5.37. The van der Waals surface area contributed by atoms with Crippen LogP contribution in [-0.4, -0.2) is 35.2 Å². The van der Waals surface area contributed by atoms with Crippen LogP contribution >= 0.6 is 11.8 Å². The lowest BCUT2D eigenvalue weighted by Gasteiger charge is -2.17. The number of aromatic nitrogens is 3. The van der Waals surface area contributed by atoms with Gasteiger partial charge in [0.1, 0.15) is 5.75 Å². The Hall–Kier alpha value is -2.21. The minimum absolute atomic E-state index is 0.766. The monoisotopic (exact) mass is 354 g/mol. The molecule has 1 N–H and O–H groups in total. The van der Waals surface area contributed by atoms with Crippen LogP contribution in [0, 0.1) is 6.92 Å². The van der Waals surface area contributed by atoms with Gasteiger partial charge in [-0.25, -0.2) is 4.98 Å². The second-order valence-electron chi connectivity index (χ2n) is 6.31. The summed E-state index contributed by atoms with van der Waals surface area (Å²) in [6.45, 7) is 4.35. The minimum atomic E-state index is 0.766. The lowest BCUT2D eigenvalue weighted by molar-refractivity contribution is 0.410. The van der Waals surface area contributed by atoms with Crippen molar-refractivity contribution in [3.05, 3.63) is 41.7 Å². The van der Waals surface area contributed by atoms with Crippen molar-refractivity contribution in [2.75, 3.05) is 25.1 Å². The van der Waals surface area contributed by atoms with E-state index in [-0.39, 0.29) is 0 Å². The van der Waals surface area contributed by atoms with Gasteiger partial charge in [-0.2, -0.15) is 0 Å². The number of hydrogen-bond acceptors (Lipinski definition) is 5. The SMILES string of the molecule is COc1ccnc(CSc2nc3ccc(N4CCCC4)cc3[nH]2)c1C. The molecule has 1 aliphatic heterocycles. The summed E-state index contributed by atoms with van der Waals surface area (Å²) in [6.07, 6.45) is 4.37. The van der Waals surface area contributed by atoms with Crippen LogP contribution < -0.4 is 9.64 Å². The van der Waals surface area contributed by atoms with Crippen LogP contribution in [-0.2, 0) is 5.75 Å². The van der Waals surface area contributed by atoms with E-state index in [4.69, 9.17) is 9.72 Å². The van der Waals surface area contributed by atoms with Gasteiger partial charge in [-0.1, -0.05) is 11.8 Å². The molecule has 0 atom stereocenters. The smallest absolute Gasteiger partial charge is 0.166 e. The third-order valence-electron chi connectivity index (χ3n) is 4.74. The van der Waals surface area contributed by atoms with E-state index in [2.05, 4.69) is 33.1 Å². The quantitative estimate of drug-likeness (QED) is 0.697. The van der Waals surface area contributed by atoms with Crippen LogP contribution in [0.2, 0.25) is 0 Å². The van der Waals surface area contributed by atoms with Crippen LogP contribution in [0.15, 0.2) is 35.6 Å². The summed E-state index contributed by atoms with van der Waals surface area (Å²) in [5, 5.41) is 0.928. The molecule has 3 heterocycles. The average Bonchev–Trinajstić information content (AvgIpc) is 3.29. The first-order chi connectivity index (χ1) is 12.2. The second-order valence-corrected chi connectivity index (χ2v) is 7.28. The molecule has 130 valence electrons. The van der Waals surface area contributed by atoms with Crippen molar-refractivity contribution < 1.29 is 4.74 Å². The molecule has 1 aliphatic rings. The third kappa shape index (κ3) is 3.31. The van der Waals surface area contributed by atoms with E-state index in [0.717, 1.165) is 52.0 Å². The van der Waals surface area contributed by atoms with Crippen molar-refractivity contribution in [2.45, 2.75) is 30.7 Å². The van der Waals surface area contributed by atoms with Gasteiger partial charge in [0.05, 0.1) is 23.8 Å². The van der Waals surface area contributed by atoms with E-state index >= 15 is 0 Å². The molecule has 0 spiro atoms. The molecular formula is C19H22N4OS. The van der Waals surface area contributed by atoms with E-state index in [0.29, 0.717) is 0 Å². The standard InChI is InChI=1S/C19H22N4OS/c1-13-17(20-8-7-18(13)24-2)12-25-19-21-15-6-5-14(11-16(15)22-19)23-9-3-4-10-23/h5-8,11H,3-4,9-10,12H2,1-2H3,(H,21,22). The molecular weight excluding hydrogens is 332 g/mol. The van der Waals surface area contributed by atoms with Gasteiger partial charge in [-0.3, -0.25) is 4.98 Å². The number of aromatic amines is 1. The van der Waals surface area contributed by atoms with Gasteiger partial charge in [-0.15, -0.1) is 0 Å². The highest BCUT2D eigenvalue weighted by atomic mass is 32.2. The first-order valence-corrected chi connectivity index (χ1v) is 9.59. The van der Waals surface area contributed by atoms with E-state index in [1.807, 2.05) is 13.0 Å². The molecule has 5 nitrogen and oxygen atoms in total. The van der Waals surface area contributed by atoms with Gasteiger partial charge in [-0.05, 0) is 44.0 Å². The molecule has 0 aliphatic carbocycles. The van der Waals surface area contributed by atoms with Crippen LogP contribution in [0.1, 0.15) is 24.1 Å². The van der Waals surface area contributed by atoms with E-state index in [1.165, 1.54) is 18.5 Å². The zero-order chi connectivity index (χ0) is 17.2. The maximum absolute atomic E-state index is 5.37. The summed E-state index contributed by atoms with van der Waals surface area (Å²) in [4.78, 5) is 15.1. The zero-order valence-electron chi connectivity index (χ0n) is 14.6. The average molecular weight is 354 g/mol. The third-order valence-corrected chi connectivity index (χ3v) is 5.62. The molecule has 2 aromatic heterocycles. The Balaban J connectivity index is 1.52. The number of nitrogens with zero attached hydrogens (tertiary/aromatic N) is 3. The molecule has 0 unspecified atom stereocenters. The number of pyridine rings is 1. The summed E-state index contributed by atoms with van der Waals surface area (Å²) >= 11 is 1.67. The van der Waals surface area contributed by atoms with Gasteiger partial charge >= 0.3 is 0 Å². The number of methoxy groups -OCH3 is 1. The van der Waals surface area contributed by atoms with Crippen molar-refractivity contribution >= 4 is 28.5 Å². The first-order valence-electron chi connectivity index (χ1n) is 8.60. The van der Waals surface area contributed by atoms with Gasteiger partial charge in [0.15, 0.2) is 5.16 Å². The number of anilines is 1. The largest absolute Gasteiger partial charge is 0.496 e. The summed E-state index contributed by atoms with van der Waals surface area (Å²) in [5.74, 6) is 1.65. The number of thioether (sulfide) groups is 1. The number of hydrogen-bond donors (Lipinski definition) is 1. The molecule has 6 heteroatoms. The number of benzene rings is 1. The minimum Gasteiger partial charge on any atom is -0.496 e. The van der Waals surface area contributed by atoms with Crippen LogP contribution in [0.25, 0.3) is 11.0 Å². The maximum atomic E-state index is 5.37. The van der Waals surface area contributed by atoms with Crippen LogP contribution in [0.3, 0.4) is 0 Å². The molecule has 0 radical (unpaired) electrons. The normalized spacial score (nSPS) is 14.4. The topological polar surface area (TPSA) is 54.0 Å². The Labute approximate surface area is 151 Å². The molecule has 0 saturated carbocycles. The van der Waals surface area contributed by atoms with Crippen molar-refractivity contribution in [2.24, 2.45) is 0 Å². The highest BCUT2D eigenvalue weighted by Crippen LogP contribution is 2.29. The summed E-state index contributed by atoms with van der Waals surface area (Å²) in [7, 11) is 1.69. The van der Waals surface area contributed by atoms with E-state index in [9.17, 15) is 0 Å². The van der Waals surface area contributed by atoms with E-state index in [1.54, 1.807) is 25.1 Å². The first kappa shape index (κ1) is 16.3. The molecule has 4 rings (SSSR count). The molecule has 1 aromatic carbocycles. The predicted molar refractivity (Wildman–Crippen MR) is 103 cm³/mol. The molecule has 0 bridgehead atoms. The van der Waals surface area contributed by atoms with Crippen molar-refractivity contribution in [3.63, 3.8) is 0 Å². The Bertz CT molecular complexity index is 886. The number of ether oxygens (including phenoxy) is 1. The molecule has 1 fully saturated rings. The molecule has 1 saturated heterocycles. The number of imidazole rings is 1. The van der Waals surface area contributed by atoms with Crippen LogP contribution in [0.5, 0.6) is 5.75 Å². The lowest BCUT2D eigenvalue weighted by Crippen LogP contribution is -2.17. The Morgan fingerprint density at radius 3 is 2.88 bits per heavy atom. The van der Waals surface area contributed by atoms with Crippen molar-refractivity contribution in [1.29, 1.82) is 0 Å². The number of H-pyrrole nitrogens is 1. The molecule has 25 heavy (non-hydrogen) atoms. The fraction of sp³-hybridized carbons (Fsp3) is 0.368.